The molecule has 3 heterocycles. The summed E-state index contributed by atoms with van der Waals surface area (Å²) in [5, 5.41) is 23.2. The largest absolute Gasteiger partial charge is 0.374 e. The molecule has 5 atom stereocenters. The number of amides is 1. The Morgan fingerprint density at radius 2 is 1.84 bits per heavy atom. The highest BCUT2D eigenvalue weighted by Crippen LogP contribution is 2.52. The van der Waals surface area contributed by atoms with E-state index in [9.17, 15) is 20.0 Å². The van der Waals surface area contributed by atoms with Gasteiger partial charge in [-0.15, -0.1) is 0 Å². The molecule has 3 aliphatic heterocycles. The van der Waals surface area contributed by atoms with E-state index in [2.05, 4.69) is 0 Å². The quantitative estimate of drug-likeness (QED) is 0.668. The lowest BCUT2D eigenvalue weighted by Crippen LogP contribution is -2.38. The van der Waals surface area contributed by atoms with Gasteiger partial charge < -0.3 is 9.84 Å². The van der Waals surface area contributed by atoms with Crippen molar-refractivity contribution < 1.29 is 19.6 Å². The number of fused-ring (bicyclic) bond motifs is 6. The zero-order valence-corrected chi connectivity index (χ0v) is 13.2. The summed E-state index contributed by atoms with van der Waals surface area (Å²) in [7, 11) is 0. The lowest BCUT2D eigenvalue weighted by Gasteiger charge is -2.26. The molecule has 3 aliphatic rings. The van der Waals surface area contributed by atoms with Gasteiger partial charge in [0.2, 0.25) is 5.91 Å². The molecule has 0 aliphatic carbocycles. The van der Waals surface area contributed by atoms with Crippen molar-refractivity contribution in [2.24, 2.45) is 11.8 Å². The van der Waals surface area contributed by atoms with E-state index in [0.29, 0.717) is 16.5 Å². The Kier molecular flexibility index (Phi) is 2.96. The molecular weight excluding hydrogens is 324 g/mol. The van der Waals surface area contributed by atoms with Crippen LogP contribution in [0.2, 0.25) is 0 Å². The van der Waals surface area contributed by atoms with Crippen LogP contribution in [0, 0.1) is 22.0 Å². The van der Waals surface area contributed by atoms with Crippen molar-refractivity contribution in [1.82, 2.24) is 0 Å². The van der Waals surface area contributed by atoms with Crippen molar-refractivity contribution in [1.29, 1.82) is 0 Å². The van der Waals surface area contributed by atoms with Crippen LogP contribution in [-0.2, 0) is 9.53 Å². The predicted molar refractivity (Wildman–Crippen MR) is 89.0 cm³/mol. The highest BCUT2D eigenvalue weighted by molar-refractivity contribution is 6.08. The number of anilines is 1. The van der Waals surface area contributed by atoms with Crippen molar-refractivity contribution in [2.75, 3.05) is 4.90 Å². The van der Waals surface area contributed by atoms with Gasteiger partial charge in [0.15, 0.2) is 0 Å². The normalized spacial score (nSPS) is 33.2. The summed E-state index contributed by atoms with van der Waals surface area (Å²) in [5.41, 5.74) is 0.511. The second-order valence-corrected chi connectivity index (χ2v) is 6.92. The molecule has 2 aromatic carbocycles. The highest BCUT2D eigenvalue weighted by Gasteiger charge is 2.62. The third-order valence-corrected chi connectivity index (χ3v) is 5.80. The predicted octanol–water partition coefficient (Wildman–Crippen LogP) is 2.21. The van der Waals surface area contributed by atoms with Crippen molar-refractivity contribution in [3.05, 3.63) is 46.5 Å². The number of nitro groups is 1. The molecule has 7 nitrogen and oxygen atoms in total. The van der Waals surface area contributed by atoms with Crippen LogP contribution in [-0.4, -0.2) is 34.4 Å². The van der Waals surface area contributed by atoms with Crippen LogP contribution in [0.15, 0.2) is 36.4 Å². The summed E-state index contributed by atoms with van der Waals surface area (Å²) in [6, 6.07) is 9.87. The Morgan fingerprint density at radius 3 is 2.56 bits per heavy atom. The molecule has 2 bridgehead atoms. The van der Waals surface area contributed by atoms with E-state index >= 15 is 0 Å². The van der Waals surface area contributed by atoms with Crippen LogP contribution >= 0.6 is 0 Å². The van der Waals surface area contributed by atoms with Crippen LogP contribution in [0.3, 0.4) is 0 Å². The number of ether oxygens (including phenoxy) is 1. The first kappa shape index (κ1) is 14.8. The summed E-state index contributed by atoms with van der Waals surface area (Å²) >= 11 is 0. The number of aliphatic hydroxyl groups is 1. The monoisotopic (exact) mass is 340 g/mol. The Morgan fingerprint density at radius 1 is 1.12 bits per heavy atom. The third kappa shape index (κ3) is 1.85. The summed E-state index contributed by atoms with van der Waals surface area (Å²) in [4.78, 5) is 25.3. The van der Waals surface area contributed by atoms with E-state index in [-0.39, 0.29) is 35.6 Å². The van der Waals surface area contributed by atoms with Gasteiger partial charge in [-0.05, 0) is 25.0 Å². The lowest BCUT2D eigenvalue weighted by molar-refractivity contribution is -0.383. The zero-order chi connectivity index (χ0) is 17.3. The number of aliphatic hydroxyl groups excluding tert-OH is 1. The zero-order valence-electron chi connectivity index (χ0n) is 13.2. The fraction of sp³-hybridized carbons (Fsp3) is 0.389. The molecule has 0 saturated carbocycles. The van der Waals surface area contributed by atoms with Crippen LogP contribution < -0.4 is 4.90 Å². The molecule has 0 aromatic heterocycles. The molecule has 7 heteroatoms. The molecule has 2 aromatic rings. The smallest absolute Gasteiger partial charge is 0.277 e. The van der Waals surface area contributed by atoms with E-state index in [0.717, 1.165) is 12.8 Å². The maximum Gasteiger partial charge on any atom is 0.277 e. The van der Waals surface area contributed by atoms with Gasteiger partial charge in [0, 0.05) is 17.4 Å². The summed E-state index contributed by atoms with van der Waals surface area (Å²) in [5.74, 6) is -0.688. The summed E-state index contributed by atoms with van der Waals surface area (Å²) in [6.45, 7) is 0. The topological polar surface area (TPSA) is 92.9 Å². The number of carbonyl (C=O) groups excluding carboxylic acids is 1. The highest BCUT2D eigenvalue weighted by atomic mass is 16.6. The van der Waals surface area contributed by atoms with Crippen LogP contribution in [0.4, 0.5) is 11.4 Å². The van der Waals surface area contributed by atoms with Gasteiger partial charge in [-0.25, -0.2) is 0 Å². The first-order valence-corrected chi connectivity index (χ1v) is 8.40. The van der Waals surface area contributed by atoms with Crippen molar-refractivity contribution in [2.45, 2.75) is 31.3 Å². The number of nitrogens with zero attached hydrogens (tertiary/aromatic N) is 2. The molecule has 3 saturated heterocycles. The molecule has 128 valence electrons. The molecule has 1 unspecified atom stereocenters. The Bertz CT molecular complexity index is 913. The minimum Gasteiger partial charge on any atom is -0.374 e. The Balaban J connectivity index is 1.66. The molecule has 0 radical (unpaired) electrons. The number of benzene rings is 2. The van der Waals surface area contributed by atoms with Gasteiger partial charge in [-0.2, -0.15) is 0 Å². The van der Waals surface area contributed by atoms with Gasteiger partial charge in [0.25, 0.3) is 5.69 Å². The fourth-order valence-corrected chi connectivity index (χ4v) is 4.78. The minimum absolute atomic E-state index is 0.0101. The molecule has 25 heavy (non-hydrogen) atoms. The third-order valence-electron chi connectivity index (χ3n) is 5.80. The van der Waals surface area contributed by atoms with E-state index in [1.807, 2.05) is 0 Å². The number of hydrogen-bond acceptors (Lipinski definition) is 5. The minimum atomic E-state index is -0.960. The molecule has 5 rings (SSSR count). The molecule has 0 spiro atoms. The summed E-state index contributed by atoms with van der Waals surface area (Å²) in [6.07, 6.45) is 0.553. The van der Waals surface area contributed by atoms with E-state index in [1.54, 1.807) is 30.3 Å². The maximum absolute atomic E-state index is 13.0. The molecular formula is C18H16N2O5. The average Bonchev–Trinajstić information content (AvgIpc) is 3.28. The second kappa shape index (κ2) is 5.00. The maximum atomic E-state index is 13.0. The van der Waals surface area contributed by atoms with E-state index < -0.39 is 11.2 Å². The Labute approximate surface area is 142 Å². The van der Waals surface area contributed by atoms with Gasteiger partial charge in [-0.1, -0.05) is 18.2 Å². The molecule has 3 fully saturated rings. The number of non-ortho nitro benzene ring substituents is 1. The summed E-state index contributed by atoms with van der Waals surface area (Å²) < 4.78 is 5.81. The number of hydrogen-bond donors (Lipinski definition) is 1. The average molecular weight is 340 g/mol. The van der Waals surface area contributed by atoms with Gasteiger partial charge in [0.05, 0.1) is 34.1 Å². The Hall–Kier alpha value is -2.51. The van der Waals surface area contributed by atoms with Gasteiger partial charge in [-0.3, -0.25) is 19.8 Å². The number of rotatable bonds is 2. The molecule has 1 N–H and O–H groups in total. The second-order valence-electron chi connectivity index (χ2n) is 6.92. The van der Waals surface area contributed by atoms with Crippen molar-refractivity contribution >= 4 is 28.1 Å². The van der Waals surface area contributed by atoms with Gasteiger partial charge >= 0.3 is 0 Å². The fourth-order valence-electron chi connectivity index (χ4n) is 4.78. The van der Waals surface area contributed by atoms with Crippen LogP contribution in [0.1, 0.15) is 12.8 Å². The first-order chi connectivity index (χ1) is 12.1. The van der Waals surface area contributed by atoms with E-state index in [1.165, 1.54) is 11.0 Å². The van der Waals surface area contributed by atoms with E-state index in [4.69, 9.17) is 4.74 Å². The van der Waals surface area contributed by atoms with Gasteiger partial charge in [0.1, 0.15) is 6.23 Å². The first-order valence-electron chi connectivity index (χ1n) is 8.40. The molecule has 1 amide bonds. The standard InChI is InChI=1S/C18H16N2O5/c21-17-15-13-7-8-14(25-13)16(15)18(22)19(17)11-5-6-12(20(23)24)10-4-2-1-3-9(10)11/h1-6,13-17,21H,7-8H2/t13-,14+,15+,16-,17?/m1/s1. The van der Waals surface area contributed by atoms with Crippen molar-refractivity contribution in [3.8, 4) is 0 Å². The SMILES string of the molecule is O=C1[C@H]2[C@@H](C(O)N1c1ccc([N+](=O)[O-])c3ccccc13)[C@H]1CC[C@@H]2O1. The van der Waals surface area contributed by atoms with Crippen molar-refractivity contribution in [3.63, 3.8) is 0 Å². The van der Waals surface area contributed by atoms with Crippen LogP contribution in [0.5, 0.6) is 0 Å². The van der Waals surface area contributed by atoms with Crippen LogP contribution in [0.25, 0.3) is 10.8 Å². The number of nitro benzene ring substituents is 1. The lowest BCUT2D eigenvalue weighted by atomic mass is 9.81. The number of carbonyl (C=O) groups is 1.